The molecule has 5 heteroatoms. The molecule has 1 aliphatic rings. The summed E-state index contributed by atoms with van der Waals surface area (Å²) in [5.41, 5.74) is 6.94. The fraction of sp³-hybridized carbons (Fsp3) is 0.538. The molecule has 1 aromatic rings. The van der Waals surface area contributed by atoms with Crippen molar-refractivity contribution in [3.63, 3.8) is 0 Å². The number of nitrogens with zero attached hydrogens (tertiary/aromatic N) is 1. The van der Waals surface area contributed by atoms with Crippen LogP contribution in [0.4, 0.5) is 0 Å². The third-order valence-electron chi connectivity index (χ3n) is 3.34. The van der Waals surface area contributed by atoms with Crippen LogP contribution >= 0.6 is 23.6 Å². The average Bonchev–Trinajstić information content (AvgIpc) is 2.87. The Hall–Kier alpha value is -0.940. The first-order valence-corrected chi connectivity index (χ1v) is 7.38. The molecule has 1 atom stereocenters. The third-order valence-corrected chi connectivity index (χ3v) is 4.96. The van der Waals surface area contributed by atoms with E-state index in [0.29, 0.717) is 11.5 Å². The Morgan fingerprint density at radius 3 is 2.94 bits per heavy atom. The minimum Gasteiger partial charge on any atom is -0.393 e. The highest BCUT2D eigenvalue weighted by molar-refractivity contribution is 7.80. The van der Waals surface area contributed by atoms with Crippen LogP contribution in [0, 0.1) is 5.92 Å². The number of nitrogens with two attached hydrogens (primary N) is 1. The van der Waals surface area contributed by atoms with Crippen molar-refractivity contribution in [2.75, 3.05) is 13.6 Å². The minimum atomic E-state index is 0.0563. The Kier molecular flexibility index (Phi) is 4.02. The maximum Gasteiger partial charge on any atom is 0.263 e. The van der Waals surface area contributed by atoms with Crippen molar-refractivity contribution in [3.05, 3.63) is 21.4 Å². The maximum absolute atomic E-state index is 12.3. The molecule has 0 radical (unpaired) electrons. The van der Waals surface area contributed by atoms with Gasteiger partial charge < -0.3 is 10.6 Å². The highest BCUT2D eigenvalue weighted by atomic mass is 32.1. The van der Waals surface area contributed by atoms with E-state index in [1.807, 2.05) is 14.0 Å². The van der Waals surface area contributed by atoms with Gasteiger partial charge in [0.15, 0.2) is 0 Å². The van der Waals surface area contributed by atoms with Crippen molar-refractivity contribution in [1.29, 1.82) is 0 Å². The molecule has 18 heavy (non-hydrogen) atoms. The van der Waals surface area contributed by atoms with Gasteiger partial charge in [-0.15, -0.1) is 11.3 Å². The summed E-state index contributed by atoms with van der Waals surface area (Å²) in [5, 5.41) is 0. The van der Waals surface area contributed by atoms with Gasteiger partial charge in [0.25, 0.3) is 5.91 Å². The van der Waals surface area contributed by atoms with E-state index in [0.717, 1.165) is 17.7 Å². The second-order valence-corrected chi connectivity index (χ2v) is 6.51. The SMILES string of the molecule is CC(CN(C)C(=O)c1cc2c(s1)CCC2)C(N)=S. The Balaban J connectivity index is 2.04. The zero-order valence-electron chi connectivity index (χ0n) is 10.7. The van der Waals surface area contributed by atoms with Crippen LogP contribution in [-0.4, -0.2) is 29.4 Å². The van der Waals surface area contributed by atoms with Crippen LogP contribution in [0.3, 0.4) is 0 Å². The van der Waals surface area contributed by atoms with Gasteiger partial charge in [0.1, 0.15) is 0 Å². The first kappa shape index (κ1) is 13.5. The van der Waals surface area contributed by atoms with E-state index in [1.165, 1.54) is 16.9 Å². The molecule has 0 saturated heterocycles. The summed E-state index contributed by atoms with van der Waals surface area (Å²) < 4.78 is 0. The monoisotopic (exact) mass is 282 g/mol. The molecule has 0 bridgehead atoms. The molecule has 3 nitrogen and oxygen atoms in total. The van der Waals surface area contributed by atoms with Gasteiger partial charge in [0.2, 0.25) is 0 Å². The summed E-state index contributed by atoms with van der Waals surface area (Å²) in [6.07, 6.45) is 3.47. The lowest BCUT2D eigenvalue weighted by molar-refractivity contribution is 0.0791. The number of rotatable bonds is 4. The van der Waals surface area contributed by atoms with Crippen LogP contribution in [0.15, 0.2) is 6.07 Å². The lowest BCUT2D eigenvalue weighted by atomic mass is 10.1. The summed E-state index contributed by atoms with van der Waals surface area (Å²) in [6, 6.07) is 2.05. The maximum atomic E-state index is 12.3. The second-order valence-electron chi connectivity index (χ2n) is 4.90. The summed E-state index contributed by atoms with van der Waals surface area (Å²) in [6.45, 7) is 2.53. The second kappa shape index (κ2) is 5.36. The minimum absolute atomic E-state index is 0.0563. The van der Waals surface area contributed by atoms with Gasteiger partial charge in [0.05, 0.1) is 9.87 Å². The van der Waals surface area contributed by atoms with Crippen molar-refractivity contribution in [3.8, 4) is 0 Å². The quantitative estimate of drug-likeness (QED) is 0.862. The topological polar surface area (TPSA) is 46.3 Å². The number of carbonyl (C=O) groups excluding carboxylic acids is 1. The van der Waals surface area contributed by atoms with Crippen molar-refractivity contribution >= 4 is 34.5 Å². The molecule has 2 rings (SSSR count). The lowest BCUT2D eigenvalue weighted by Gasteiger charge is -2.20. The van der Waals surface area contributed by atoms with Gasteiger partial charge in [0, 0.05) is 24.4 Å². The molecule has 0 spiro atoms. The molecule has 0 fully saturated rings. The fourth-order valence-electron chi connectivity index (χ4n) is 2.21. The molecule has 1 amide bonds. The normalized spacial score (nSPS) is 15.2. The molecule has 1 aromatic heterocycles. The van der Waals surface area contributed by atoms with E-state index >= 15 is 0 Å². The molecule has 1 unspecified atom stereocenters. The molecule has 2 N–H and O–H groups in total. The lowest BCUT2D eigenvalue weighted by Crippen LogP contribution is -2.35. The Labute approximate surface area is 117 Å². The van der Waals surface area contributed by atoms with E-state index in [1.54, 1.807) is 16.2 Å². The van der Waals surface area contributed by atoms with Crippen LogP contribution in [-0.2, 0) is 12.8 Å². The first-order chi connectivity index (χ1) is 8.49. The highest BCUT2D eigenvalue weighted by Gasteiger charge is 2.21. The molecule has 0 saturated carbocycles. The van der Waals surface area contributed by atoms with Gasteiger partial charge in [-0.3, -0.25) is 4.79 Å². The van der Waals surface area contributed by atoms with Gasteiger partial charge >= 0.3 is 0 Å². The summed E-state index contributed by atoms with van der Waals surface area (Å²) in [5.74, 6) is 0.137. The van der Waals surface area contributed by atoms with Crippen LogP contribution in [0.1, 0.15) is 33.5 Å². The zero-order valence-corrected chi connectivity index (χ0v) is 12.4. The van der Waals surface area contributed by atoms with E-state index in [4.69, 9.17) is 18.0 Å². The molecular weight excluding hydrogens is 264 g/mol. The van der Waals surface area contributed by atoms with Gasteiger partial charge in [-0.2, -0.15) is 0 Å². The van der Waals surface area contributed by atoms with Gasteiger partial charge in [-0.1, -0.05) is 19.1 Å². The highest BCUT2D eigenvalue weighted by Crippen LogP contribution is 2.31. The number of hydrogen-bond acceptors (Lipinski definition) is 3. The van der Waals surface area contributed by atoms with E-state index < -0.39 is 0 Å². The number of amides is 1. The predicted octanol–water partition coefficient (Wildman–Crippen LogP) is 2.23. The number of thiophene rings is 1. The standard InChI is InChI=1S/C13H18N2OS2/c1-8(12(14)17)7-15(2)13(16)11-6-9-4-3-5-10(9)18-11/h6,8H,3-5,7H2,1-2H3,(H2,14,17). The van der Waals surface area contributed by atoms with Crippen LogP contribution < -0.4 is 5.73 Å². The zero-order chi connectivity index (χ0) is 13.3. The van der Waals surface area contributed by atoms with Gasteiger partial charge in [-0.05, 0) is 30.9 Å². The third kappa shape index (κ3) is 2.72. The Bertz CT molecular complexity index is 460. The number of thiocarbonyl (C=S) groups is 1. The van der Waals surface area contributed by atoms with E-state index in [9.17, 15) is 4.79 Å². The molecule has 0 aliphatic heterocycles. The van der Waals surface area contributed by atoms with Crippen LogP contribution in [0.25, 0.3) is 0 Å². The Morgan fingerprint density at radius 1 is 1.61 bits per heavy atom. The summed E-state index contributed by atoms with van der Waals surface area (Å²) in [4.78, 5) is 16.7. The molecule has 1 aliphatic carbocycles. The molecule has 98 valence electrons. The van der Waals surface area contributed by atoms with E-state index in [-0.39, 0.29) is 11.8 Å². The van der Waals surface area contributed by atoms with Crippen molar-refractivity contribution in [2.24, 2.45) is 11.7 Å². The van der Waals surface area contributed by atoms with Crippen LogP contribution in [0.2, 0.25) is 0 Å². The number of fused-ring (bicyclic) bond motifs is 1. The Morgan fingerprint density at radius 2 is 2.33 bits per heavy atom. The number of hydrogen-bond donors (Lipinski definition) is 1. The number of carbonyl (C=O) groups is 1. The van der Waals surface area contributed by atoms with Crippen molar-refractivity contribution < 1.29 is 4.79 Å². The van der Waals surface area contributed by atoms with Crippen molar-refractivity contribution in [1.82, 2.24) is 4.90 Å². The smallest absolute Gasteiger partial charge is 0.263 e. The molecule has 1 heterocycles. The summed E-state index contributed by atoms with van der Waals surface area (Å²) >= 11 is 6.57. The van der Waals surface area contributed by atoms with E-state index in [2.05, 4.69) is 6.07 Å². The van der Waals surface area contributed by atoms with Crippen LogP contribution in [0.5, 0.6) is 0 Å². The summed E-state index contributed by atoms with van der Waals surface area (Å²) in [7, 11) is 1.81. The predicted molar refractivity (Wildman–Crippen MR) is 79.3 cm³/mol. The molecular formula is C13H18N2OS2. The van der Waals surface area contributed by atoms with Crippen molar-refractivity contribution in [2.45, 2.75) is 26.2 Å². The fourth-order valence-corrected chi connectivity index (χ4v) is 3.53. The number of aryl methyl sites for hydroxylation is 2. The van der Waals surface area contributed by atoms with Gasteiger partial charge in [-0.25, -0.2) is 0 Å². The average molecular weight is 282 g/mol. The first-order valence-electron chi connectivity index (χ1n) is 6.15. The largest absolute Gasteiger partial charge is 0.393 e. The molecule has 0 aromatic carbocycles.